The van der Waals surface area contributed by atoms with Crippen molar-refractivity contribution in [3.05, 3.63) is 88.1 Å². The molecule has 0 bridgehead atoms. The van der Waals surface area contributed by atoms with Crippen LogP contribution in [0.25, 0.3) is 10.9 Å². The van der Waals surface area contributed by atoms with Crippen molar-refractivity contribution < 1.29 is 9.21 Å². The SMILES string of the molecule is Cc1cccc(C(C)C)c1NC(=O)CSc1nc2ccccc2c(=O)n1Cc1ccco1. The first-order valence-electron chi connectivity index (χ1n) is 10.5. The van der Waals surface area contributed by atoms with Crippen LogP contribution in [0.2, 0.25) is 0 Å². The fourth-order valence-corrected chi connectivity index (χ4v) is 4.40. The fraction of sp³-hybridized carbons (Fsp3) is 0.240. The highest BCUT2D eigenvalue weighted by Crippen LogP contribution is 2.28. The van der Waals surface area contributed by atoms with Crippen LogP contribution in [0.15, 0.2) is 75.2 Å². The summed E-state index contributed by atoms with van der Waals surface area (Å²) in [7, 11) is 0. The van der Waals surface area contributed by atoms with Gasteiger partial charge in [0, 0.05) is 5.69 Å². The lowest BCUT2D eigenvalue weighted by Crippen LogP contribution is -2.25. The van der Waals surface area contributed by atoms with Crippen molar-refractivity contribution in [1.29, 1.82) is 0 Å². The van der Waals surface area contributed by atoms with Crippen molar-refractivity contribution >= 4 is 34.3 Å². The van der Waals surface area contributed by atoms with Crippen LogP contribution in [0.1, 0.15) is 36.7 Å². The summed E-state index contributed by atoms with van der Waals surface area (Å²) < 4.78 is 7.00. The van der Waals surface area contributed by atoms with Crippen LogP contribution in [-0.4, -0.2) is 21.2 Å². The number of aryl methyl sites for hydroxylation is 1. The first-order chi connectivity index (χ1) is 15.4. The van der Waals surface area contributed by atoms with E-state index in [0.717, 1.165) is 16.8 Å². The number of para-hydroxylation sites is 2. The Kier molecular flexibility index (Phi) is 6.46. The minimum absolute atomic E-state index is 0.134. The summed E-state index contributed by atoms with van der Waals surface area (Å²) in [6, 6.07) is 16.8. The molecule has 0 atom stereocenters. The van der Waals surface area contributed by atoms with Crippen LogP contribution < -0.4 is 10.9 Å². The van der Waals surface area contributed by atoms with Gasteiger partial charge in [-0.2, -0.15) is 0 Å². The van der Waals surface area contributed by atoms with Crippen LogP contribution in [0, 0.1) is 6.92 Å². The van der Waals surface area contributed by atoms with Gasteiger partial charge >= 0.3 is 0 Å². The van der Waals surface area contributed by atoms with Gasteiger partial charge < -0.3 is 9.73 Å². The first kappa shape index (κ1) is 21.9. The molecule has 2 aromatic carbocycles. The van der Waals surface area contributed by atoms with Gasteiger partial charge in [-0.05, 0) is 48.2 Å². The zero-order chi connectivity index (χ0) is 22.7. The number of thioether (sulfide) groups is 1. The number of carbonyl (C=O) groups excluding carboxylic acids is 1. The molecule has 0 unspecified atom stereocenters. The molecule has 1 N–H and O–H groups in total. The van der Waals surface area contributed by atoms with Crippen molar-refractivity contribution in [2.24, 2.45) is 0 Å². The summed E-state index contributed by atoms with van der Waals surface area (Å²) in [5, 5.41) is 4.07. The predicted molar refractivity (Wildman–Crippen MR) is 128 cm³/mol. The summed E-state index contributed by atoms with van der Waals surface area (Å²) in [5.74, 6) is 0.933. The molecule has 6 nitrogen and oxygen atoms in total. The average Bonchev–Trinajstić information content (AvgIpc) is 3.29. The molecule has 0 fully saturated rings. The summed E-state index contributed by atoms with van der Waals surface area (Å²) in [6.45, 7) is 6.44. The Labute approximate surface area is 190 Å². The third-order valence-electron chi connectivity index (χ3n) is 5.24. The number of furan rings is 1. The number of aromatic nitrogens is 2. The van der Waals surface area contributed by atoms with Crippen molar-refractivity contribution in [2.75, 3.05) is 11.1 Å². The molecule has 0 spiro atoms. The third kappa shape index (κ3) is 4.62. The molecule has 2 aromatic heterocycles. The largest absolute Gasteiger partial charge is 0.467 e. The second-order valence-corrected chi connectivity index (χ2v) is 8.86. The Balaban J connectivity index is 1.60. The number of rotatable bonds is 7. The number of fused-ring (bicyclic) bond motifs is 1. The molecule has 0 aliphatic rings. The summed E-state index contributed by atoms with van der Waals surface area (Å²) >= 11 is 1.24. The number of anilines is 1. The number of nitrogens with one attached hydrogen (secondary N) is 1. The van der Waals surface area contributed by atoms with Gasteiger partial charge in [0.1, 0.15) is 5.76 Å². The predicted octanol–water partition coefficient (Wildman–Crippen LogP) is 5.20. The molecular weight excluding hydrogens is 422 g/mol. The lowest BCUT2D eigenvalue weighted by atomic mass is 9.98. The molecule has 7 heteroatoms. The number of nitrogens with zero attached hydrogens (tertiary/aromatic N) is 2. The van der Waals surface area contributed by atoms with Crippen LogP contribution in [-0.2, 0) is 11.3 Å². The van der Waals surface area contributed by atoms with Crippen molar-refractivity contribution in [1.82, 2.24) is 9.55 Å². The van der Waals surface area contributed by atoms with Gasteiger partial charge in [-0.1, -0.05) is 55.9 Å². The van der Waals surface area contributed by atoms with Crippen LogP contribution in [0.3, 0.4) is 0 Å². The molecule has 4 aromatic rings. The molecule has 4 rings (SSSR count). The fourth-order valence-electron chi connectivity index (χ4n) is 3.60. The Morgan fingerprint density at radius 1 is 1.12 bits per heavy atom. The molecule has 32 heavy (non-hydrogen) atoms. The van der Waals surface area contributed by atoms with Crippen molar-refractivity contribution in [3.8, 4) is 0 Å². The molecule has 0 aliphatic heterocycles. The van der Waals surface area contributed by atoms with Gasteiger partial charge in [0.15, 0.2) is 5.16 Å². The molecule has 0 saturated carbocycles. The molecule has 0 radical (unpaired) electrons. The topological polar surface area (TPSA) is 77.1 Å². The highest BCUT2D eigenvalue weighted by Gasteiger charge is 2.16. The molecule has 0 saturated heterocycles. The molecule has 1 amide bonds. The Hall–Kier alpha value is -3.32. The van der Waals surface area contributed by atoms with E-state index in [2.05, 4.69) is 24.1 Å². The van der Waals surface area contributed by atoms with E-state index >= 15 is 0 Å². The van der Waals surface area contributed by atoms with E-state index in [1.807, 2.05) is 43.3 Å². The average molecular weight is 448 g/mol. The Morgan fingerprint density at radius 2 is 1.94 bits per heavy atom. The zero-order valence-electron chi connectivity index (χ0n) is 18.3. The minimum Gasteiger partial charge on any atom is -0.467 e. The van der Waals surface area contributed by atoms with Crippen LogP contribution in [0.4, 0.5) is 5.69 Å². The number of hydrogen-bond donors (Lipinski definition) is 1. The van der Waals surface area contributed by atoms with Gasteiger partial charge in [0.2, 0.25) is 5.91 Å². The van der Waals surface area contributed by atoms with E-state index in [9.17, 15) is 9.59 Å². The second-order valence-electron chi connectivity index (χ2n) is 7.91. The summed E-state index contributed by atoms with van der Waals surface area (Å²) in [5.41, 5.74) is 3.43. The molecular formula is C25H25N3O3S. The van der Waals surface area contributed by atoms with Gasteiger partial charge in [0.25, 0.3) is 5.56 Å². The van der Waals surface area contributed by atoms with Gasteiger partial charge in [-0.25, -0.2) is 4.98 Å². The van der Waals surface area contributed by atoms with E-state index in [1.165, 1.54) is 11.8 Å². The number of benzene rings is 2. The monoisotopic (exact) mass is 447 g/mol. The minimum atomic E-state index is -0.157. The second kappa shape index (κ2) is 9.44. The highest BCUT2D eigenvalue weighted by molar-refractivity contribution is 7.99. The van der Waals surface area contributed by atoms with Crippen molar-refractivity contribution in [2.45, 2.75) is 38.4 Å². The molecule has 0 aliphatic carbocycles. The zero-order valence-corrected chi connectivity index (χ0v) is 19.1. The number of amides is 1. The molecule has 164 valence electrons. The maximum atomic E-state index is 13.1. The first-order valence-corrected chi connectivity index (χ1v) is 11.5. The summed E-state index contributed by atoms with van der Waals surface area (Å²) in [4.78, 5) is 30.6. The smallest absolute Gasteiger partial charge is 0.262 e. The molecule has 2 heterocycles. The lowest BCUT2D eigenvalue weighted by molar-refractivity contribution is -0.113. The summed E-state index contributed by atoms with van der Waals surface area (Å²) in [6.07, 6.45) is 1.57. The lowest BCUT2D eigenvalue weighted by Gasteiger charge is -2.17. The van der Waals surface area contributed by atoms with Gasteiger partial charge in [-0.15, -0.1) is 0 Å². The maximum Gasteiger partial charge on any atom is 0.262 e. The third-order valence-corrected chi connectivity index (χ3v) is 6.22. The van der Waals surface area contributed by atoms with E-state index in [-0.39, 0.29) is 23.8 Å². The van der Waals surface area contributed by atoms with Gasteiger partial charge in [-0.3, -0.25) is 14.2 Å². The van der Waals surface area contributed by atoms with E-state index in [0.29, 0.717) is 27.7 Å². The van der Waals surface area contributed by atoms with Crippen LogP contribution in [0.5, 0.6) is 0 Å². The van der Waals surface area contributed by atoms with E-state index < -0.39 is 0 Å². The Bertz CT molecular complexity index is 1310. The maximum absolute atomic E-state index is 13.1. The van der Waals surface area contributed by atoms with Crippen LogP contribution >= 0.6 is 11.8 Å². The van der Waals surface area contributed by atoms with E-state index in [1.54, 1.807) is 29.0 Å². The standard InChI is InChI=1S/C25H25N3O3S/c1-16(2)19-11-6-8-17(3)23(19)27-22(29)15-32-25-26-21-12-5-4-10-20(21)24(30)28(25)14-18-9-7-13-31-18/h4-13,16H,14-15H2,1-3H3,(H,27,29). The number of carbonyl (C=O) groups is 1. The highest BCUT2D eigenvalue weighted by atomic mass is 32.2. The number of hydrogen-bond acceptors (Lipinski definition) is 5. The van der Waals surface area contributed by atoms with E-state index in [4.69, 9.17) is 4.42 Å². The Morgan fingerprint density at radius 3 is 2.69 bits per heavy atom. The van der Waals surface area contributed by atoms with Gasteiger partial charge in [0.05, 0.1) is 29.5 Å². The quantitative estimate of drug-likeness (QED) is 0.311. The normalized spacial score (nSPS) is 11.2. The van der Waals surface area contributed by atoms with Crippen molar-refractivity contribution in [3.63, 3.8) is 0 Å².